The van der Waals surface area contributed by atoms with E-state index >= 15 is 0 Å². The molecule has 2 rings (SSSR count). The SMILES string of the molecule is CC1CCCC(NCCOc2cccc(Br)c2)C1. The lowest BCUT2D eigenvalue weighted by Gasteiger charge is -2.27. The molecule has 1 aromatic rings. The minimum atomic E-state index is 0.694. The minimum Gasteiger partial charge on any atom is -0.492 e. The van der Waals surface area contributed by atoms with Crippen LogP contribution in [-0.4, -0.2) is 19.2 Å². The standard InChI is InChI=1S/C15H22BrNO/c1-12-4-2-6-14(10-12)17-8-9-18-15-7-3-5-13(16)11-15/h3,5,7,11-12,14,17H,2,4,6,8-10H2,1H3. The molecule has 0 radical (unpaired) electrons. The molecule has 1 aliphatic rings. The molecule has 0 saturated heterocycles. The first-order chi connectivity index (χ1) is 8.74. The van der Waals surface area contributed by atoms with Gasteiger partial charge in [0.1, 0.15) is 12.4 Å². The second-order valence-electron chi connectivity index (χ2n) is 5.23. The van der Waals surface area contributed by atoms with Gasteiger partial charge in [-0.2, -0.15) is 0 Å². The van der Waals surface area contributed by atoms with Crippen molar-refractivity contribution in [2.45, 2.75) is 38.6 Å². The number of ether oxygens (including phenoxy) is 1. The summed E-state index contributed by atoms with van der Waals surface area (Å²) in [5.74, 6) is 1.81. The van der Waals surface area contributed by atoms with Crippen molar-refractivity contribution >= 4 is 15.9 Å². The van der Waals surface area contributed by atoms with Gasteiger partial charge in [-0.15, -0.1) is 0 Å². The van der Waals surface area contributed by atoms with Crippen molar-refractivity contribution in [1.82, 2.24) is 5.32 Å². The van der Waals surface area contributed by atoms with Crippen LogP contribution in [0.4, 0.5) is 0 Å². The minimum absolute atomic E-state index is 0.694. The van der Waals surface area contributed by atoms with E-state index < -0.39 is 0 Å². The van der Waals surface area contributed by atoms with Crippen LogP contribution in [0, 0.1) is 5.92 Å². The lowest BCUT2D eigenvalue weighted by Crippen LogP contribution is -2.36. The second kappa shape index (κ2) is 7.15. The van der Waals surface area contributed by atoms with Crippen LogP contribution >= 0.6 is 15.9 Å². The summed E-state index contributed by atoms with van der Waals surface area (Å²) in [6.07, 6.45) is 5.40. The zero-order valence-corrected chi connectivity index (χ0v) is 12.6. The lowest BCUT2D eigenvalue weighted by molar-refractivity contribution is 0.266. The Labute approximate surface area is 118 Å². The fourth-order valence-electron chi connectivity index (χ4n) is 2.61. The first-order valence-corrected chi connectivity index (χ1v) is 7.65. The van der Waals surface area contributed by atoms with Gasteiger partial charge in [0.25, 0.3) is 0 Å². The summed E-state index contributed by atoms with van der Waals surface area (Å²) in [5, 5.41) is 3.60. The molecule has 0 spiro atoms. The summed E-state index contributed by atoms with van der Waals surface area (Å²) in [4.78, 5) is 0. The highest BCUT2D eigenvalue weighted by atomic mass is 79.9. The Morgan fingerprint density at radius 1 is 1.39 bits per heavy atom. The van der Waals surface area contributed by atoms with Crippen LogP contribution in [0.2, 0.25) is 0 Å². The molecule has 0 aromatic heterocycles. The van der Waals surface area contributed by atoms with Crippen molar-refractivity contribution in [2.75, 3.05) is 13.2 Å². The quantitative estimate of drug-likeness (QED) is 0.830. The van der Waals surface area contributed by atoms with Gasteiger partial charge < -0.3 is 10.1 Å². The Hall–Kier alpha value is -0.540. The molecule has 1 N–H and O–H groups in total. The Morgan fingerprint density at radius 3 is 3.06 bits per heavy atom. The molecule has 1 saturated carbocycles. The second-order valence-corrected chi connectivity index (χ2v) is 6.14. The fraction of sp³-hybridized carbons (Fsp3) is 0.600. The summed E-state index contributed by atoms with van der Waals surface area (Å²) in [6, 6.07) is 8.69. The van der Waals surface area contributed by atoms with Crippen LogP contribution in [0.15, 0.2) is 28.7 Å². The molecule has 2 nitrogen and oxygen atoms in total. The van der Waals surface area contributed by atoms with Crippen molar-refractivity contribution in [3.05, 3.63) is 28.7 Å². The molecule has 0 bridgehead atoms. The van der Waals surface area contributed by atoms with Crippen LogP contribution in [0.3, 0.4) is 0 Å². The average Bonchev–Trinajstić information content (AvgIpc) is 2.35. The number of nitrogens with one attached hydrogen (secondary N) is 1. The monoisotopic (exact) mass is 311 g/mol. The van der Waals surface area contributed by atoms with E-state index in [0.717, 1.165) is 29.3 Å². The van der Waals surface area contributed by atoms with E-state index in [2.05, 4.69) is 28.2 Å². The molecule has 18 heavy (non-hydrogen) atoms. The van der Waals surface area contributed by atoms with Gasteiger partial charge in [-0.25, -0.2) is 0 Å². The number of hydrogen-bond donors (Lipinski definition) is 1. The average molecular weight is 312 g/mol. The van der Waals surface area contributed by atoms with E-state index in [4.69, 9.17) is 4.74 Å². The third kappa shape index (κ3) is 4.62. The summed E-state index contributed by atoms with van der Waals surface area (Å²) < 4.78 is 6.78. The number of hydrogen-bond acceptors (Lipinski definition) is 2. The van der Waals surface area contributed by atoms with Crippen LogP contribution < -0.4 is 10.1 Å². The Morgan fingerprint density at radius 2 is 2.28 bits per heavy atom. The molecule has 100 valence electrons. The molecule has 2 atom stereocenters. The topological polar surface area (TPSA) is 21.3 Å². The maximum Gasteiger partial charge on any atom is 0.120 e. The van der Waals surface area contributed by atoms with Crippen LogP contribution in [0.1, 0.15) is 32.6 Å². The Bertz CT molecular complexity index is 369. The normalized spacial score (nSPS) is 23.9. The molecule has 1 aromatic carbocycles. The zero-order chi connectivity index (χ0) is 12.8. The van der Waals surface area contributed by atoms with Gasteiger partial charge in [0.05, 0.1) is 0 Å². The van der Waals surface area contributed by atoms with Crippen molar-refractivity contribution in [3.8, 4) is 5.75 Å². The molecular formula is C15H22BrNO. The van der Waals surface area contributed by atoms with Gasteiger partial charge in [-0.05, 0) is 37.0 Å². The molecule has 2 unspecified atom stereocenters. The van der Waals surface area contributed by atoms with Gasteiger partial charge in [0, 0.05) is 17.1 Å². The van der Waals surface area contributed by atoms with Crippen molar-refractivity contribution in [3.63, 3.8) is 0 Å². The Kier molecular flexibility index (Phi) is 5.51. The van der Waals surface area contributed by atoms with Gasteiger partial charge in [0.2, 0.25) is 0 Å². The van der Waals surface area contributed by atoms with Gasteiger partial charge in [-0.1, -0.05) is 41.8 Å². The fourth-order valence-corrected chi connectivity index (χ4v) is 2.99. The molecule has 1 fully saturated rings. The predicted octanol–water partition coefficient (Wildman–Crippen LogP) is 4.00. The van der Waals surface area contributed by atoms with Gasteiger partial charge >= 0.3 is 0 Å². The van der Waals surface area contributed by atoms with Crippen LogP contribution in [0.25, 0.3) is 0 Å². The summed E-state index contributed by atoms with van der Waals surface area (Å²) in [6.45, 7) is 4.02. The van der Waals surface area contributed by atoms with Gasteiger partial charge in [0.15, 0.2) is 0 Å². The van der Waals surface area contributed by atoms with E-state index in [1.54, 1.807) is 0 Å². The summed E-state index contributed by atoms with van der Waals surface area (Å²) in [5.41, 5.74) is 0. The molecule has 0 aliphatic heterocycles. The molecular weight excluding hydrogens is 290 g/mol. The lowest BCUT2D eigenvalue weighted by atomic mass is 9.87. The maximum atomic E-state index is 5.71. The molecule has 1 aliphatic carbocycles. The number of halogens is 1. The molecule has 3 heteroatoms. The van der Waals surface area contributed by atoms with Crippen molar-refractivity contribution in [2.24, 2.45) is 5.92 Å². The number of rotatable bonds is 5. The highest BCUT2D eigenvalue weighted by Crippen LogP contribution is 2.23. The van der Waals surface area contributed by atoms with Crippen LogP contribution in [0.5, 0.6) is 5.75 Å². The first kappa shape index (κ1) is 13.9. The van der Waals surface area contributed by atoms with E-state index in [-0.39, 0.29) is 0 Å². The summed E-state index contributed by atoms with van der Waals surface area (Å²) in [7, 11) is 0. The van der Waals surface area contributed by atoms with Crippen molar-refractivity contribution < 1.29 is 4.74 Å². The van der Waals surface area contributed by atoms with Crippen LogP contribution in [-0.2, 0) is 0 Å². The van der Waals surface area contributed by atoms with E-state index in [1.807, 2.05) is 24.3 Å². The highest BCUT2D eigenvalue weighted by molar-refractivity contribution is 9.10. The molecule has 0 amide bonds. The van der Waals surface area contributed by atoms with Gasteiger partial charge in [-0.3, -0.25) is 0 Å². The third-order valence-electron chi connectivity index (χ3n) is 3.54. The summed E-state index contributed by atoms with van der Waals surface area (Å²) >= 11 is 3.44. The highest BCUT2D eigenvalue weighted by Gasteiger charge is 2.17. The molecule has 0 heterocycles. The first-order valence-electron chi connectivity index (χ1n) is 6.86. The van der Waals surface area contributed by atoms with E-state index in [0.29, 0.717) is 6.04 Å². The van der Waals surface area contributed by atoms with Crippen molar-refractivity contribution in [1.29, 1.82) is 0 Å². The zero-order valence-electron chi connectivity index (χ0n) is 11.0. The third-order valence-corrected chi connectivity index (χ3v) is 4.03. The largest absolute Gasteiger partial charge is 0.492 e. The Balaban J connectivity index is 1.64. The number of benzene rings is 1. The predicted molar refractivity (Wildman–Crippen MR) is 79.1 cm³/mol. The maximum absolute atomic E-state index is 5.71. The van der Waals surface area contributed by atoms with E-state index in [1.165, 1.54) is 25.7 Å². The smallest absolute Gasteiger partial charge is 0.120 e. The van der Waals surface area contributed by atoms with E-state index in [9.17, 15) is 0 Å².